The number of aliphatic carboxylic acids is 1. The molecule has 132 valence electrons. The highest BCUT2D eigenvalue weighted by Gasteiger charge is 2.28. The molecule has 22 heavy (non-hydrogen) atoms. The fourth-order valence-electron chi connectivity index (χ4n) is 2.80. The van der Waals surface area contributed by atoms with Crippen LogP contribution in [0.1, 0.15) is 85.0 Å². The lowest BCUT2D eigenvalue weighted by Gasteiger charge is -2.21. The Morgan fingerprint density at radius 1 is 0.773 bits per heavy atom. The molecule has 2 unspecified atom stereocenters. The molecule has 0 amide bonds. The van der Waals surface area contributed by atoms with E-state index in [9.17, 15) is 4.79 Å². The first kappa shape index (κ1) is 21.4. The van der Waals surface area contributed by atoms with Crippen molar-refractivity contribution >= 4 is 5.97 Å². The molecule has 0 saturated carbocycles. The van der Waals surface area contributed by atoms with E-state index in [0.717, 1.165) is 25.2 Å². The van der Waals surface area contributed by atoms with E-state index in [-0.39, 0.29) is 0 Å². The third-order valence-electron chi connectivity index (χ3n) is 4.47. The molecule has 0 rings (SSSR count). The van der Waals surface area contributed by atoms with E-state index in [4.69, 9.17) is 15.3 Å². The maximum atomic E-state index is 11.1. The third kappa shape index (κ3) is 11.0. The standard InChI is InChI=1S/C18H36O4/c1-14(2)12-10-8-6-4-5-7-9-11-13-16(18(21)22)15(3)17(19)20/h14-17,19-20H,4-13H2,1-3H3,(H,21,22). The summed E-state index contributed by atoms with van der Waals surface area (Å²) in [6.07, 6.45) is 9.78. The average Bonchev–Trinajstić information content (AvgIpc) is 2.43. The molecule has 0 radical (unpaired) electrons. The predicted octanol–water partition coefficient (Wildman–Crippen LogP) is 4.19. The lowest BCUT2D eigenvalue weighted by Crippen LogP contribution is -2.30. The second-order valence-electron chi connectivity index (χ2n) is 7.02. The van der Waals surface area contributed by atoms with E-state index in [2.05, 4.69) is 13.8 Å². The summed E-state index contributed by atoms with van der Waals surface area (Å²) >= 11 is 0. The van der Waals surface area contributed by atoms with Crippen molar-refractivity contribution in [3.05, 3.63) is 0 Å². The highest BCUT2D eigenvalue weighted by atomic mass is 16.5. The predicted molar refractivity (Wildman–Crippen MR) is 89.5 cm³/mol. The Morgan fingerprint density at radius 2 is 1.18 bits per heavy atom. The number of unbranched alkanes of at least 4 members (excludes halogenated alkanes) is 7. The first-order valence-electron chi connectivity index (χ1n) is 8.95. The minimum atomic E-state index is -1.55. The molecule has 2 atom stereocenters. The van der Waals surface area contributed by atoms with Crippen LogP contribution in [0.15, 0.2) is 0 Å². The zero-order valence-corrected chi connectivity index (χ0v) is 14.6. The SMILES string of the molecule is CC(C)CCCCCCCCCCC(C(=O)O)C(C)C(O)O. The molecule has 4 nitrogen and oxygen atoms in total. The Morgan fingerprint density at radius 3 is 1.55 bits per heavy atom. The van der Waals surface area contributed by atoms with Gasteiger partial charge in [-0.3, -0.25) is 4.79 Å². The van der Waals surface area contributed by atoms with Crippen LogP contribution in [-0.2, 0) is 4.79 Å². The number of hydrogen-bond acceptors (Lipinski definition) is 3. The van der Waals surface area contributed by atoms with Gasteiger partial charge in [-0.05, 0) is 12.3 Å². The number of carbonyl (C=O) groups is 1. The van der Waals surface area contributed by atoms with E-state index in [1.807, 2.05) is 0 Å². The highest BCUT2D eigenvalue weighted by molar-refractivity contribution is 5.70. The number of rotatable bonds is 14. The molecular formula is C18H36O4. The fourth-order valence-corrected chi connectivity index (χ4v) is 2.80. The summed E-state index contributed by atoms with van der Waals surface area (Å²) in [5.74, 6) is -1.39. The molecule has 0 aromatic heterocycles. The highest BCUT2D eigenvalue weighted by Crippen LogP contribution is 2.22. The Kier molecular flexibility index (Phi) is 12.5. The summed E-state index contributed by atoms with van der Waals surface area (Å²) in [6, 6.07) is 0. The van der Waals surface area contributed by atoms with Crippen LogP contribution in [0.2, 0.25) is 0 Å². The molecule has 0 aliphatic carbocycles. The molecule has 0 heterocycles. The van der Waals surface area contributed by atoms with Gasteiger partial charge in [0, 0.05) is 5.92 Å². The van der Waals surface area contributed by atoms with Crippen LogP contribution in [-0.4, -0.2) is 27.6 Å². The lowest BCUT2D eigenvalue weighted by atomic mass is 9.88. The van der Waals surface area contributed by atoms with Crippen molar-refractivity contribution in [1.82, 2.24) is 0 Å². The summed E-state index contributed by atoms with van der Waals surface area (Å²) in [6.45, 7) is 6.11. The fraction of sp³-hybridized carbons (Fsp3) is 0.944. The van der Waals surface area contributed by atoms with Crippen molar-refractivity contribution in [2.45, 2.75) is 91.3 Å². The van der Waals surface area contributed by atoms with Gasteiger partial charge in [0.05, 0.1) is 5.92 Å². The first-order chi connectivity index (χ1) is 10.4. The summed E-state index contributed by atoms with van der Waals surface area (Å²) in [7, 11) is 0. The van der Waals surface area contributed by atoms with Gasteiger partial charge in [0.2, 0.25) is 0 Å². The average molecular weight is 316 g/mol. The summed E-state index contributed by atoms with van der Waals surface area (Å²) in [5, 5.41) is 27.4. The minimum Gasteiger partial charge on any atom is -0.481 e. The van der Waals surface area contributed by atoms with Crippen molar-refractivity contribution < 1.29 is 20.1 Å². The first-order valence-corrected chi connectivity index (χ1v) is 8.95. The van der Waals surface area contributed by atoms with Gasteiger partial charge in [-0.2, -0.15) is 0 Å². The number of hydrogen-bond donors (Lipinski definition) is 3. The number of aliphatic hydroxyl groups is 2. The van der Waals surface area contributed by atoms with E-state index in [1.54, 1.807) is 6.92 Å². The van der Waals surface area contributed by atoms with Crippen molar-refractivity contribution in [2.24, 2.45) is 17.8 Å². The zero-order chi connectivity index (χ0) is 17.0. The van der Waals surface area contributed by atoms with Gasteiger partial charge in [-0.25, -0.2) is 0 Å². The zero-order valence-electron chi connectivity index (χ0n) is 14.6. The topological polar surface area (TPSA) is 77.8 Å². The maximum Gasteiger partial charge on any atom is 0.306 e. The van der Waals surface area contributed by atoms with E-state index in [0.29, 0.717) is 6.42 Å². The van der Waals surface area contributed by atoms with Crippen molar-refractivity contribution in [1.29, 1.82) is 0 Å². The Hall–Kier alpha value is -0.610. The monoisotopic (exact) mass is 316 g/mol. The molecule has 0 fully saturated rings. The molecule has 0 aliphatic rings. The molecule has 0 saturated heterocycles. The van der Waals surface area contributed by atoms with E-state index in [1.165, 1.54) is 38.5 Å². The second-order valence-corrected chi connectivity index (χ2v) is 7.02. The molecule has 0 aromatic rings. The molecule has 4 heteroatoms. The van der Waals surface area contributed by atoms with Gasteiger partial charge in [0.1, 0.15) is 0 Å². The van der Waals surface area contributed by atoms with Crippen molar-refractivity contribution in [3.63, 3.8) is 0 Å². The molecule has 0 spiro atoms. The molecule has 0 bridgehead atoms. The molecule has 0 aliphatic heterocycles. The van der Waals surface area contributed by atoms with Gasteiger partial charge in [-0.1, -0.05) is 78.6 Å². The summed E-state index contributed by atoms with van der Waals surface area (Å²) < 4.78 is 0. The number of carboxylic acids is 1. The maximum absolute atomic E-state index is 11.1. The Labute approximate surface area is 135 Å². The Balaban J connectivity index is 3.56. The van der Waals surface area contributed by atoms with Gasteiger partial charge < -0.3 is 15.3 Å². The van der Waals surface area contributed by atoms with Crippen LogP contribution < -0.4 is 0 Å². The molecule has 0 aromatic carbocycles. The summed E-state index contributed by atoms with van der Waals surface area (Å²) in [4.78, 5) is 11.1. The smallest absolute Gasteiger partial charge is 0.306 e. The van der Waals surface area contributed by atoms with Crippen LogP contribution in [0.3, 0.4) is 0 Å². The van der Waals surface area contributed by atoms with Crippen molar-refractivity contribution in [3.8, 4) is 0 Å². The van der Waals surface area contributed by atoms with Gasteiger partial charge in [0.15, 0.2) is 6.29 Å². The van der Waals surface area contributed by atoms with Gasteiger partial charge in [-0.15, -0.1) is 0 Å². The quantitative estimate of drug-likeness (QED) is 0.332. The number of aliphatic hydroxyl groups excluding tert-OH is 1. The molecular weight excluding hydrogens is 280 g/mol. The third-order valence-corrected chi connectivity index (χ3v) is 4.47. The van der Waals surface area contributed by atoms with Crippen LogP contribution in [0.5, 0.6) is 0 Å². The van der Waals surface area contributed by atoms with Gasteiger partial charge >= 0.3 is 5.97 Å². The molecule has 3 N–H and O–H groups in total. The minimum absolute atomic E-state index is 0.530. The Bertz CT molecular complexity index is 276. The van der Waals surface area contributed by atoms with Crippen molar-refractivity contribution in [2.75, 3.05) is 0 Å². The summed E-state index contributed by atoms with van der Waals surface area (Å²) in [5.41, 5.74) is 0. The normalized spacial score (nSPS) is 14.5. The van der Waals surface area contributed by atoms with Crippen LogP contribution >= 0.6 is 0 Å². The lowest BCUT2D eigenvalue weighted by molar-refractivity contribution is -0.153. The van der Waals surface area contributed by atoms with Gasteiger partial charge in [0.25, 0.3) is 0 Å². The van der Waals surface area contributed by atoms with E-state index >= 15 is 0 Å². The van der Waals surface area contributed by atoms with Crippen LogP contribution in [0.25, 0.3) is 0 Å². The number of carboxylic acid groups (broad SMARTS) is 1. The second kappa shape index (κ2) is 12.9. The van der Waals surface area contributed by atoms with Crippen LogP contribution in [0, 0.1) is 17.8 Å². The van der Waals surface area contributed by atoms with Crippen LogP contribution in [0.4, 0.5) is 0 Å². The largest absolute Gasteiger partial charge is 0.481 e. The van der Waals surface area contributed by atoms with E-state index < -0.39 is 24.1 Å².